The number of hydrogen-bond donors (Lipinski definition) is 2. The zero-order chi connectivity index (χ0) is 17.7. The minimum atomic E-state index is -2.53. The maximum Gasteiger partial charge on any atom is 0.500 e. The van der Waals surface area contributed by atoms with Crippen LogP contribution in [0.15, 0.2) is 43.0 Å². The second-order valence-electron chi connectivity index (χ2n) is 5.28. The fourth-order valence-corrected chi connectivity index (χ4v) is 5.13. The summed E-state index contributed by atoms with van der Waals surface area (Å²) in [5.41, 5.74) is 7.74. The van der Waals surface area contributed by atoms with Crippen molar-refractivity contribution in [3.05, 3.63) is 48.6 Å². The van der Waals surface area contributed by atoms with Gasteiger partial charge in [-0.05, 0) is 32.8 Å². The molecule has 0 heterocycles. The van der Waals surface area contributed by atoms with Crippen LogP contribution in [0.5, 0.6) is 0 Å². The van der Waals surface area contributed by atoms with Gasteiger partial charge >= 0.3 is 8.80 Å². The first-order chi connectivity index (χ1) is 11.7. The van der Waals surface area contributed by atoms with E-state index in [0.29, 0.717) is 19.8 Å². The van der Waals surface area contributed by atoms with E-state index in [2.05, 4.69) is 29.6 Å². The van der Waals surface area contributed by atoms with Crippen molar-refractivity contribution in [2.75, 3.05) is 26.4 Å². The monoisotopic (exact) mass is 352 g/mol. The van der Waals surface area contributed by atoms with Crippen LogP contribution in [0.25, 0.3) is 0 Å². The Labute approximate surface area is 147 Å². The highest BCUT2D eigenvalue weighted by atomic mass is 28.4. The van der Waals surface area contributed by atoms with Gasteiger partial charge in [-0.3, -0.25) is 5.43 Å². The fourth-order valence-electron chi connectivity index (χ4n) is 2.52. The molecule has 1 rings (SSSR count). The molecule has 0 amide bonds. The van der Waals surface area contributed by atoms with Crippen LogP contribution in [0.3, 0.4) is 0 Å². The lowest BCUT2D eigenvalue weighted by molar-refractivity contribution is 0.0707. The van der Waals surface area contributed by atoms with E-state index in [9.17, 15) is 0 Å². The summed E-state index contributed by atoms with van der Waals surface area (Å²) >= 11 is 0. The number of rotatable bonds is 14. The average molecular weight is 353 g/mol. The van der Waals surface area contributed by atoms with Crippen LogP contribution in [-0.4, -0.2) is 35.2 Å². The standard InChI is InChI=1S/C18H32N2O3Si/c1-5-18(17-13-10-9-11-14-17)20-19-15-12-16-24(21-6-2,22-7-3)23-8-4/h5,9-11,13-14,18-20H,1,6-8,12,15-16H2,2-4H3. The molecule has 0 saturated heterocycles. The number of benzene rings is 1. The Hall–Kier alpha value is -1.02. The second kappa shape index (κ2) is 12.4. The van der Waals surface area contributed by atoms with Gasteiger partial charge in [-0.2, -0.15) is 0 Å². The van der Waals surface area contributed by atoms with E-state index in [1.165, 1.54) is 5.56 Å². The van der Waals surface area contributed by atoms with Crippen LogP contribution in [0.4, 0.5) is 0 Å². The van der Waals surface area contributed by atoms with Gasteiger partial charge < -0.3 is 13.3 Å². The highest BCUT2D eigenvalue weighted by Gasteiger charge is 2.39. The summed E-state index contributed by atoms with van der Waals surface area (Å²) in [6.07, 6.45) is 2.81. The molecule has 6 heteroatoms. The zero-order valence-electron chi connectivity index (χ0n) is 15.2. The van der Waals surface area contributed by atoms with E-state index in [4.69, 9.17) is 13.3 Å². The normalized spacial score (nSPS) is 13.0. The topological polar surface area (TPSA) is 51.8 Å². The molecule has 0 aromatic heterocycles. The molecule has 0 bridgehead atoms. The van der Waals surface area contributed by atoms with Crippen LogP contribution in [0.1, 0.15) is 38.8 Å². The molecule has 1 atom stereocenters. The van der Waals surface area contributed by atoms with Crippen molar-refractivity contribution in [3.63, 3.8) is 0 Å². The molecule has 0 spiro atoms. The lowest BCUT2D eigenvalue weighted by Crippen LogP contribution is -2.46. The van der Waals surface area contributed by atoms with Crippen molar-refractivity contribution in [1.82, 2.24) is 10.9 Å². The van der Waals surface area contributed by atoms with Gasteiger partial charge in [0, 0.05) is 32.4 Å². The molecule has 24 heavy (non-hydrogen) atoms. The zero-order valence-corrected chi connectivity index (χ0v) is 16.2. The lowest BCUT2D eigenvalue weighted by atomic mass is 10.1. The maximum atomic E-state index is 5.86. The molecule has 0 saturated carbocycles. The molecule has 136 valence electrons. The van der Waals surface area contributed by atoms with Crippen molar-refractivity contribution < 1.29 is 13.3 Å². The van der Waals surface area contributed by atoms with Crippen molar-refractivity contribution in [3.8, 4) is 0 Å². The van der Waals surface area contributed by atoms with E-state index in [0.717, 1.165) is 19.0 Å². The molecule has 2 N–H and O–H groups in total. The summed E-state index contributed by atoms with van der Waals surface area (Å²) < 4.78 is 17.6. The minimum Gasteiger partial charge on any atom is -0.374 e. The molecule has 0 fully saturated rings. The summed E-state index contributed by atoms with van der Waals surface area (Å²) in [7, 11) is -2.53. The lowest BCUT2D eigenvalue weighted by Gasteiger charge is -2.28. The summed E-state index contributed by atoms with van der Waals surface area (Å²) in [5, 5.41) is 0. The summed E-state index contributed by atoms with van der Waals surface area (Å²) in [5.74, 6) is 0. The molecule has 0 aliphatic heterocycles. The van der Waals surface area contributed by atoms with Gasteiger partial charge in [-0.15, -0.1) is 6.58 Å². The summed E-state index contributed by atoms with van der Waals surface area (Å²) in [4.78, 5) is 0. The van der Waals surface area contributed by atoms with E-state index in [-0.39, 0.29) is 6.04 Å². The van der Waals surface area contributed by atoms with Crippen LogP contribution >= 0.6 is 0 Å². The first-order valence-electron chi connectivity index (χ1n) is 8.79. The minimum absolute atomic E-state index is 0.0823. The predicted octanol–water partition coefficient (Wildman–Crippen LogP) is 3.45. The molecular weight excluding hydrogens is 320 g/mol. The van der Waals surface area contributed by atoms with Gasteiger partial charge in [-0.25, -0.2) is 5.43 Å². The Morgan fingerprint density at radius 3 is 2.12 bits per heavy atom. The molecule has 5 nitrogen and oxygen atoms in total. The van der Waals surface area contributed by atoms with Gasteiger partial charge in [0.05, 0.1) is 6.04 Å². The van der Waals surface area contributed by atoms with E-state index in [1.54, 1.807) is 0 Å². The van der Waals surface area contributed by atoms with E-state index < -0.39 is 8.80 Å². The molecular formula is C18H32N2O3Si. The van der Waals surface area contributed by atoms with Crippen molar-refractivity contribution >= 4 is 8.80 Å². The first-order valence-corrected chi connectivity index (χ1v) is 10.7. The largest absolute Gasteiger partial charge is 0.500 e. The van der Waals surface area contributed by atoms with Crippen LogP contribution < -0.4 is 10.9 Å². The molecule has 1 unspecified atom stereocenters. The highest BCUT2D eigenvalue weighted by Crippen LogP contribution is 2.18. The second-order valence-corrected chi connectivity index (χ2v) is 8.01. The SMILES string of the molecule is C=CC(NNCCC[Si](OCC)(OCC)OCC)c1ccccc1. The summed E-state index contributed by atoms with van der Waals surface area (Å²) in [6.45, 7) is 12.5. The Kier molecular flexibility index (Phi) is 10.8. The third kappa shape index (κ3) is 7.25. The summed E-state index contributed by atoms with van der Waals surface area (Å²) in [6, 6.07) is 11.1. The van der Waals surface area contributed by atoms with E-state index in [1.807, 2.05) is 45.0 Å². The Morgan fingerprint density at radius 1 is 1.04 bits per heavy atom. The third-order valence-electron chi connectivity index (χ3n) is 3.53. The molecule has 0 radical (unpaired) electrons. The molecule has 0 aliphatic rings. The molecule has 0 aliphatic carbocycles. The number of nitrogens with one attached hydrogen (secondary N) is 2. The molecule has 1 aromatic rings. The number of hydrogen-bond acceptors (Lipinski definition) is 5. The Balaban J connectivity index is 2.40. The first kappa shape index (κ1) is 21.0. The van der Waals surface area contributed by atoms with Crippen molar-refractivity contribution in [2.45, 2.75) is 39.3 Å². The highest BCUT2D eigenvalue weighted by molar-refractivity contribution is 6.60. The average Bonchev–Trinajstić information content (AvgIpc) is 2.59. The van der Waals surface area contributed by atoms with E-state index >= 15 is 0 Å². The third-order valence-corrected chi connectivity index (χ3v) is 6.68. The van der Waals surface area contributed by atoms with Gasteiger partial charge in [0.2, 0.25) is 0 Å². The maximum absolute atomic E-state index is 5.86. The number of hydrazine groups is 1. The van der Waals surface area contributed by atoms with Crippen LogP contribution in [0, 0.1) is 0 Å². The Bertz CT molecular complexity index is 428. The fraction of sp³-hybridized carbons (Fsp3) is 0.556. The molecule has 1 aromatic carbocycles. The van der Waals surface area contributed by atoms with Crippen LogP contribution in [0.2, 0.25) is 6.04 Å². The van der Waals surface area contributed by atoms with Gasteiger partial charge in [0.25, 0.3) is 0 Å². The van der Waals surface area contributed by atoms with Crippen molar-refractivity contribution in [2.24, 2.45) is 0 Å². The van der Waals surface area contributed by atoms with Gasteiger partial charge in [-0.1, -0.05) is 36.4 Å². The predicted molar refractivity (Wildman–Crippen MR) is 101 cm³/mol. The quantitative estimate of drug-likeness (QED) is 0.232. The Morgan fingerprint density at radius 2 is 1.62 bits per heavy atom. The smallest absolute Gasteiger partial charge is 0.374 e. The van der Waals surface area contributed by atoms with Crippen molar-refractivity contribution in [1.29, 1.82) is 0 Å². The van der Waals surface area contributed by atoms with Gasteiger partial charge in [0.1, 0.15) is 0 Å². The van der Waals surface area contributed by atoms with Crippen LogP contribution in [-0.2, 0) is 13.3 Å². The van der Waals surface area contributed by atoms with Gasteiger partial charge in [0.15, 0.2) is 0 Å².